The second-order valence-corrected chi connectivity index (χ2v) is 10.1. The van der Waals surface area contributed by atoms with Crippen molar-refractivity contribution in [2.75, 3.05) is 0 Å². The number of nitrogens with one attached hydrogen (secondary N) is 4. The van der Waals surface area contributed by atoms with Crippen molar-refractivity contribution >= 4 is 23.3 Å². The molecule has 2 aromatic carbocycles. The van der Waals surface area contributed by atoms with E-state index in [-0.39, 0.29) is 6.61 Å². The van der Waals surface area contributed by atoms with Crippen molar-refractivity contribution in [1.29, 1.82) is 0 Å². The van der Waals surface area contributed by atoms with Gasteiger partial charge in [-0.1, -0.05) is 54.1 Å². The molecule has 5 nitrogen and oxygen atoms in total. The number of aryl methyl sites for hydroxylation is 1. The highest BCUT2D eigenvalue weighted by molar-refractivity contribution is 5.79. The molecule has 8 bridgehead atoms. The Bertz CT molecular complexity index is 2050. The number of aliphatic hydroxyl groups is 1. The standard InChI is InChI=1S/C34H28N4O/c1-21-2-6-23(7-3-21)33-29-14-10-25(35-29)18-27-12-16-31(37-27)34(24-8-4-22(20-39)5-9-24)32-17-13-28(38-32)19-26-11-15-30(33)36-26/h2-19,35-39H,20H2,1H3. The molecule has 190 valence electrons. The summed E-state index contributed by atoms with van der Waals surface area (Å²) < 4.78 is 0. The SMILES string of the molecule is Cc1ccc(C2=c3ccc([nH]3)=Cc3ccc([nH]3)C(c3ccc(CO)cc3)=c3ccc([nH]3)=Cc3ccc2[nH]3)cc1. The number of aromatic amines is 4. The van der Waals surface area contributed by atoms with E-state index in [0.717, 1.165) is 72.0 Å². The van der Waals surface area contributed by atoms with Gasteiger partial charge in [-0.2, -0.15) is 0 Å². The molecule has 0 saturated carbocycles. The summed E-state index contributed by atoms with van der Waals surface area (Å²) in [5.74, 6) is 0. The summed E-state index contributed by atoms with van der Waals surface area (Å²) in [4.78, 5) is 14.5. The van der Waals surface area contributed by atoms with Crippen LogP contribution in [0.2, 0.25) is 0 Å². The fourth-order valence-corrected chi connectivity index (χ4v) is 5.31. The Morgan fingerprint density at radius 3 is 1.49 bits per heavy atom. The van der Waals surface area contributed by atoms with Crippen molar-refractivity contribution in [3.8, 4) is 0 Å². The van der Waals surface area contributed by atoms with E-state index < -0.39 is 0 Å². The summed E-state index contributed by atoms with van der Waals surface area (Å²) in [5, 5.41) is 13.6. The monoisotopic (exact) mass is 508 g/mol. The van der Waals surface area contributed by atoms with Crippen LogP contribution in [0.3, 0.4) is 0 Å². The van der Waals surface area contributed by atoms with E-state index >= 15 is 0 Å². The molecule has 0 fully saturated rings. The molecule has 1 aliphatic heterocycles. The number of fused-ring (bicyclic) bond motifs is 8. The molecule has 5 heterocycles. The van der Waals surface area contributed by atoms with Crippen LogP contribution in [0.25, 0.3) is 23.3 Å². The van der Waals surface area contributed by atoms with Gasteiger partial charge in [-0.15, -0.1) is 0 Å². The van der Waals surface area contributed by atoms with E-state index in [9.17, 15) is 5.11 Å². The molecule has 0 radical (unpaired) electrons. The summed E-state index contributed by atoms with van der Waals surface area (Å²) in [6, 6.07) is 33.7. The van der Waals surface area contributed by atoms with Crippen molar-refractivity contribution in [1.82, 2.24) is 19.9 Å². The molecular weight excluding hydrogens is 480 g/mol. The predicted octanol–water partition coefficient (Wildman–Crippen LogP) is 3.27. The molecule has 39 heavy (non-hydrogen) atoms. The van der Waals surface area contributed by atoms with Crippen LogP contribution >= 0.6 is 0 Å². The van der Waals surface area contributed by atoms with E-state index in [1.54, 1.807) is 0 Å². The van der Waals surface area contributed by atoms with Gasteiger partial charge in [-0.25, -0.2) is 0 Å². The van der Waals surface area contributed by atoms with Gasteiger partial charge >= 0.3 is 0 Å². The van der Waals surface area contributed by atoms with E-state index in [1.807, 2.05) is 12.1 Å². The molecule has 0 unspecified atom stereocenters. The molecule has 7 rings (SSSR count). The van der Waals surface area contributed by atoms with Gasteiger partial charge in [-0.3, -0.25) is 0 Å². The third kappa shape index (κ3) is 4.39. The normalized spacial score (nSPS) is 12.8. The average Bonchev–Trinajstić information content (AvgIpc) is 3.77. The number of hydrogen-bond donors (Lipinski definition) is 5. The second-order valence-electron chi connectivity index (χ2n) is 10.1. The minimum atomic E-state index is 0.0260. The molecule has 5 N–H and O–H groups in total. The quantitative estimate of drug-likeness (QED) is 0.250. The van der Waals surface area contributed by atoms with Crippen LogP contribution in [-0.4, -0.2) is 25.0 Å². The maximum absolute atomic E-state index is 9.53. The van der Waals surface area contributed by atoms with Crippen molar-refractivity contribution in [3.05, 3.63) is 163 Å². The average molecular weight is 509 g/mol. The molecule has 0 atom stereocenters. The van der Waals surface area contributed by atoms with Crippen LogP contribution < -0.4 is 21.4 Å². The summed E-state index contributed by atoms with van der Waals surface area (Å²) in [5.41, 5.74) is 10.6. The zero-order valence-corrected chi connectivity index (χ0v) is 21.5. The fourth-order valence-electron chi connectivity index (χ4n) is 5.31. The largest absolute Gasteiger partial charge is 0.392 e. The Kier molecular flexibility index (Phi) is 5.57. The molecule has 5 heteroatoms. The van der Waals surface area contributed by atoms with Gasteiger partial charge in [0.05, 0.1) is 6.61 Å². The number of benzene rings is 2. The Hall–Kier alpha value is -5.00. The summed E-state index contributed by atoms with van der Waals surface area (Å²) in [6.45, 7) is 2.14. The van der Waals surface area contributed by atoms with Crippen molar-refractivity contribution in [2.45, 2.75) is 13.5 Å². The van der Waals surface area contributed by atoms with Crippen LogP contribution in [0, 0.1) is 6.92 Å². The first-order chi connectivity index (χ1) is 19.1. The molecule has 0 amide bonds. The zero-order valence-electron chi connectivity index (χ0n) is 21.5. The number of hydrogen-bond acceptors (Lipinski definition) is 1. The number of aromatic nitrogens is 4. The molecule has 6 aromatic rings. The predicted molar refractivity (Wildman–Crippen MR) is 156 cm³/mol. The molecule has 0 spiro atoms. The first-order valence-electron chi connectivity index (χ1n) is 13.1. The lowest BCUT2D eigenvalue weighted by molar-refractivity contribution is 0.282. The van der Waals surface area contributed by atoms with Crippen molar-refractivity contribution in [2.24, 2.45) is 0 Å². The minimum Gasteiger partial charge on any atom is -0.392 e. The highest BCUT2D eigenvalue weighted by atomic mass is 16.3. The van der Waals surface area contributed by atoms with Gasteiger partial charge in [0.2, 0.25) is 0 Å². The number of H-pyrrole nitrogens is 4. The van der Waals surface area contributed by atoms with Gasteiger partial charge in [0.1, 0.15) is 0 Å². The Morgan fingerprint density at radius 1 is 0.513 bits per heavy atom. The van der Waals surface area contributed by atoms with Crippen LogP contribution in [0.1, 0.15) is 45.0 Å². The maximum Gasteiger partial charge on any atom is 0.0681 e. The number of aliphatic hydroxyl groups excluding tert-OH is 1. The molecular formula is C34H28N4O. The maximum atomic E-state index is 9.53. The fraction of sp³-hybridized carbons (Fsp3) is 0.0588. The lowest BCUT2D eigenvalue weighted by atomic mass is 10.0. The van der Waals surface area contributed by atoms with E-state index in [4.69, 9.17) is 0 Å². The van der Waals surface area contributed by atoms with Gasteiger partial charge in [0, 0.05) is 55.3 Å². The third-order valence-electron chi connectivity index (χ3n) is 7.30. The zero-order chi connectivity index (χ0) is 26.3. The van der Waals surface area contributed by atoms with Crippen LogP contribution in [0.5, 0.6) is 0 Å². The highest BCUT2D eigenvalue weighted by Crippen LogP contribution is 2.22. The van der Waals surface area contributed by atoms with E-state index in [2.05, 4.69) is 124 Å². The van der Waals surface area contributed by atoms with E-state index in [0.29, 0.717) is 0 Å². The highest BCUT2D eigenvalue weighted by Gasteiger charge is 2.12. The van der Waals surface area contributed by atoms with Crippen LogP contribution in [0.4, 0.5) is 0 Å². The molecule has 0 saturated heterocycles. The van der Waals surface area contributed by atoms with Crippen molar-refractivity contribution in [3.63, 3.8) is 0 Å². The van der Waals surface area contributed by atoms with Gasteiger partial charge < -0.3 is 25.0 Å². The summed E-state index contributed by atoms with van der Waals surface area (Å²) in [7, 11) is 0. The van der Waals surface area contributed by atoms with E-state index in [1.165, 1.54) is 5.56 Å². The van der Waals surface area contributed by atoms with Gasteiger partial charge in [0.25, 0.3) is 0 Å². The van der Waals surface area contributed by atoms with Crippen LogP contribution in [-0.2, 0) is 6.61 Å². The smallest absolute Gasteiger partial charge is 0.0681 e. The molecule has 4 aromatic heterocycles. The Balaban J connectivity index is 1.49. The lowest BCUT2D eigenvalue weighted by Crippen LogP contribution is -2.15. The third-order valence-corrected chi connectivity index (χ3v) is 7.30. The Labute approximate surface area is 225 Å². The van der Waals surface area contributed by atoms with Crippen LogP contribution in [0.15, 0.2) is 97.1 Å². The molecule has 1 aliphatic rings. The lowest BCUT2D eigenvalue weighted by Gasteiger charge is -2.07. The van der Waals surface area contributed by atoms with Gasteiger partial charge in [-0.05, 0) is 84.3 Å². The first-order valence-corrected chi connectivity index (χ1v) is 13.1. The first kappa shape index (κ1) is 23.1. The van der Waals surface area contributed by atoms with Gasteiger partial charge in [0.15, 0.2) is 0 Å². The minimum absolute atomic E-state index is 0.0260. The Morgan fingerprint density at radius 2 is 1.00 bits per heavy atom. The number of rotatable bonds is 3. The summed E-state index contributed by atoms with van der Waals surface area (Å²) in [6.07, 6.45) is 4.26. The summed E-state index contributed by atoms with van der Waals surface area (Å²) >= 11 is 0. The van der Waals surface area contributed by atoms with Crippen molar-refractivity contribution < 1.29 is 5.11 Å². The molecule has 0 aliphatic carbocycles. The second kappa shape index (κ2) is 9.39. The topological polar surface area (TPSA) is 83.4 Å².